The Bertz CT molecular complexity index is 774. The van der Waals surface area contributed by atoms with Gasteiger partial charge < -0.3 is 4.90 Å². The van der Waals surface area contributed by atoms with Crippen LogP contribution in [0, 0.1) is 0 Å². The second-order valence-corrected chi connectivity index (χ2v) is 5.25. The molecule has 0 amide bonds. The molecule has 0 aliphatic heterocycles. The number of pyridine rings is 1. The molecular weight excluding hydrogens is 256 g/mol. The van der Waals surface area contributed by atoms with E-state index in [9.17, 15) is 0 Å². The minimum Gasteiger partial charge on any atom is -0.378 e. The van der Waals surface area contributed by atoms with Crippen LogP contribution in [0.1, 0.15) is 11.3 Å². The lowest BCUT2D eigenvalue weighted by atomic mass is 10.1. The predicted octanol–water partition coefficient (Wildman–Crippen LogP) is 4.47. The van der Waals surface area contributed by atoms with E-state index in [1.165, 1.54) is 11.3 Å². The molecule has 0 saturated heterocycles. The third-order valence-electron chi connectivity index (χ3n) is 3.46. The smallest absolute Gasteiger partial charge is 0.0710 e. The third-order valence-corrected chi connectivity index (χ3v) is 3.46. The molecule has 1 heterocycles. The lowest BCUT2D eigenvalue weighted by molar-refractivity contribution is 1.13. The van der Waals surface area contributed by atoms with Crippen molar-refractivity contribution in [1.82, 2.24) is 4.98 Å². The zero-order chi connectivity index (χ0) is 14.7. The van der Waals surface area contributed by atoms with Gasteiger partial charge in [0.05, 0.1) is 11.2 Å². The largest absolute Gasteiger partial charge is 0.378 e. The molecule has 21 heavy (non-hydrogen) atoms. The molecule has 0 unspecified atom stereocenters. The molecule has 0 N–H and O–H groups in total. The lowest BCUT2D eigenvalue weighted by Gasteiger charge is -2.12. The Balaban J connectivity index is 1.91. The first-order valence-corrected chi connectivity index (χ1v) is 7.04. The molecule has 2 aromatic carbocycles. The molecule has 0 bridgehead atoms. The molecule has 3 aromatic rings. The van der Waals surface area contributed by atoms with Gasteiger partial charge in [0.25, 0.3) is 0 Å². The van der Waals surface area contributed by atoms with Crippen molar-refractivity contribution in [2.75, 3.05) is 19.0 Å². The second-order valence-electron chi connectivity index (χ2n) is 5.25. The van der Waals surface area contributed by atoms with Crippen LogP contribution < -0.4 is 4.90 Å². The van der Waals surface area contributed by atoms with E-state index < -0.39 is 0 Å². The number of nitrogens with zero attached hydrogens (tertiary/aromatic N) is 2. The molecule has 2 heteroatoms. The minimum absolute atomic E-state index is 0.976. The molecule has 0 aliphatic rings. The monoisotopic (exact) mass is 274 g/mol. The summed E-state index contributed by atoms with van der Waals surface area (Å²) in [5.74, 6) is 0. The van der Waals surface area contributed by atoms with E-state index in [1.54, 1.807) is 0 Å². The quantitative estimate of drug-likeness (QED) is 0.700. The van der Waals surface area contributed by atoms with Gasteiger partial charge in [0, 0.05) is 25.2 Å². The maximum Gasteiger partial charge on any atom is 0.0710 e. The highest BCUT2D eigenvalue weighted by molar-refractivity contribution is 5.84. The standard InChI is InChI=1S/C19H18N2/c1-21(2)18-12-13-19-16(14-18)9-11-17(20-19)10-8-15-6-4-3-5-7-15/h3-14H,1-2H3/b10-8-. The van der Waals surface area contributed by atoms with E-state index >= 15 is 0 Å². The maximum atomic E-state index is 4.69. The van der Waals surface area contributed by atoms with Gasteiger partial charge in [-0.05, 0) is 35.9 Å². The summed E-state index contributed by atoms with van der Waals surface area (Å²) in [6.45, 7) is 0. The number of aromatic nitrogens is 1. The highest BCUT2D eigenvalue weighted by Crippen LogP contribution is 2.20. The molecule has 0 radical (unpaired) electrons. The van der Waals surface area contributed by atoms with Crippen molar-refractivity contribution in [3.8, 4) is 0 Å². The first kappa shape index (κ1) is 13.4. The van der Waals surface area contributed by atoms with Crippen molar-refractivity contribution >= 4 is 28.7 Å². The van der Waals surface area contributed by atoms with Gasteiger partial charge in [0.15, 0.2) is 0 Å². The van der Waals surface area contributed by atoms with Crippen LogP contribution in [-0.2, 0) is 0 Å². The lowest BCUT2D eigenvalue weighted by Crippen LogP contribution is -2.08. The van der Waals surface area contributed by atoms with Crippen molar-refractivity contribution in [2.45, 2.75) is 0 Å². The van der Waals surface area contributed by atoms with Gasteiger partial charge in [-0.2, -0.15) is 0 Å². The average molecular weight is 274 g/mol. The molecule has 0 spiro atoms. The van der Waals surface area contributed by atoms with E-state index in [1.807, 2.05) is 32.3 Å². The summed E-state index contributed by atoms with van der Waals surface area (Å²) in [4.78, 5) is 6.79. The van der Waals surface area contributed by atoms with Gasteiger partial charge >= 0.3 is 0 Å². The second kappa shape index (κ2) is 5.80. The Morgan fingerprint density at radius 2 is 1.67 bits per heavy atom. The zero-order valence-electron chi connectivity index (χ0n) is 12.3. The number of benzene rings is 2. The summed E-state index contributed by atoms with van der Waals surface area (Å²) in [7, 11) is 4.09. The maximum absolute atomic E-state index is 4.69. The van der Waals surface area contributed by atoms with Crippen LogP contribution in [0.15, 0.2) is 60.7 Å². The van der Waals surface area contributed by atoms with Gasteiger partial charge in [-0.3, -0.25) is 0 Å². The molecule has 0 fully saturated rings. The summed E-state index contributed by atoms with van der Waals surface area (Å²) in [6.07, 6.45) is 4.14. The molecule has 0 saturated carbocycles. The van der Waals surface area contributed by atoms with E-state index in [0.29, 0.717) is 0 Å². The number of anilines is 1. The first-order chi connectivity index (χ1) is 10.2. The fourth-order valence-corrected chi connectivity index (χ4v) is 2.25. The Labute approximate surface area is 125 Å². The Hall–Kier alpha value is -2.61. The fraction of sp³-hybridized carbons (Fsp3) is 0.105. The van der Waals surface area contributed by atoms with Crippen molar-refractivity contribution in [3.05, 3.63) is 71.9 Å². The van der Waals surface area contributed by atoms with Crippen LogP contribution in [0.25, 0.3) is 23.1 Å². The van der Waals surface area contributed by atoms with Crippen molar-refractivity contribution in [2.24, 2.45) is 0 Å². The molecule has 1 aromatic heterocycles. The van der Waals surface area contributed by atoms with Gasteiger partial charge in [-0.1, -0.05) is 42.5 Å². The average Bonchev–Trinajstić information content (AvgIpc) is 2.53. The predicted molar refractivity (Wildman–Crippen MR) is 91.4 cm³/mol. The van der Waals surface area contributed by atoms with Crippen LogP contribution in [0.4, 0.5) is 5.69 Å². The normalized spacial score (nSPS) is 11.1. The van der Waals surface area contributed by atoms with E-state index in [-0.39, 0.29) is 0 Å². The van der Waals surface area contributed by atoms with Crippen LogP contribution in [-0.4, -0.2) is 19.1 Å². The summed E-state index contributed by atoms with van der Waals surface area (Å²) in [6, 6.07) is 20.8. The number of hydrogen-bond acceptors (Lipinski definition) is 2. The highest BCUT2D eigenvalue weighted by Gasteiger charge is 2.00. The summed E-state index contributed by atoms with van der Waals surface area (Å²) in [5.41, 5.74) is 4.37. The van der Waals surface area contributed by atoms with Gasteiger partial charge in [-0.25, -0.2) is 4.98 Å². The molecule has 3 rings (SSSR count). The molecule has 0 aliphatic carbocycles. The SMILES string of the molecule is CN(C)c1ccc2nc(/C=C\c3ccccc3)ccc2c1. The summed E-state index contributed by atoms with van der Waals surface area (Å²) < 4.78 is 0. The number of rotatable bonds is 3. The topological polar surface area (TPSA) is 16.1 Å². The van der Waals surface area contributed by atoms with Gasteiger partial charge in [0.2, 0.25) is 0 Å². The Kier molecular flexibility index (Phi) is 3.69. The molecule has 2 nitrogen and oxygen atoms in total. The third kappa shape index (κ3) is 3.11. The van der Waals surface area contributed by atoms with Crippen molar-refractivity contribution in [1.29, 1.82) is 0 Å². The summed E-state index contributed by atoms with van der Waals surface area (Å²) in [5, 5.41) is 1.16. The summed E-state index contributed by atoms with van der Waals surface area (Å²) >= 11 is 0. The van der Waals surface area contributed by atoms with E-state index in [2.05, 4.69) is 64.5 Å². The number of fused-ring (bicyclic) bond motifs is 1. The van der Waals surface area contributed by atoms with Crippen LogP contribution in [0.3, 0.4) is 0 Å². The Morgan fingerprint density at radius 1 is 0.857 bits per heavy atom. The highest BCUT2D eigenvalue weighted by atomic mass is 15.1. The fourth-order valence-electron chi connectivity index (χ4n) is 2.25. The van der Waals surface area contributed by atoms with Gasteiger partial charge in [-0.15, -0.1) is 0 Å². The van der Waals surface area contributed by atoms with Crippen molar-refractivity contribution < 1.29 is 0 Å². The van der Waals surface area contributed by atoms with E-state index in [0.717, 1.165) is 16.6 Å². The number of hydrogen-bond donors (Lipinski definition) is 0. The Morgan fingerprint density at radius 3 is 2.43 bits per heavy atom. The van der Waals surface area contributed by atoms with E-state index in [4.69, 9.17) is 0 Å². The van der Waals surface area contributed by atoms with Crippen LogP contribution in [0.5, 0.6) is 0 Å². The molecule has 0 atom stereocenters. The minimum atomic E-state index is 0.976. The van der Waals surface area contributed by atoms with Crippen molar-refractivity contribution in [3.63, 3.8) is 0 Å². The molecular formula is C19H18N2. The van der Waals surface area contributed by atoms with Crippen LogP contribution >= 0.6 is 0 Å². The molecule has 104 valence electrons. The van der Waals surface area contributed by atoms with Gasteiger partial charge in [0.1, 0.15) is 0 Å². The van der Waals surface area contributed by atoms with Crippen LogP contribution in [0.2, 0.25) is 0 Å². The zero-order valence-corrected chi connectivity index (χ0v) is 12.3. The first-order valence-electron chi connectivity index (χ1n) is 7.04.